The zero-order valence-corrected chi connectivity index (χ0v) is 22.2. The third-order valence-corrected chi connectivity index (χ3v) is 5.82. The van der Waals surface area contributed by atoms with Gasteiger partial charge in [-0.3, -0.25) is 4.79 Å². The van der Waals surface area contributed by atoms with Gasteiger partial charge < -0.3 is 14.8 Å². The highest BCUT2D eigenvalue weighted by molar-refractivity contribution is 6.40. The maximum atomic E-state index is 13.4. The van der Waals surface area contributed by atoms with Gasteiger partial charge in [0.15, 0.2) is 0 Å². The number of carbonyl (C=O) groups is 4. The van der Waals surface area contributed by atoms with Crippen molar-refractivity contribution < 1.29 is 28.7 Å². The molecule has 2 aromatic carbocycles. The number of hydrogen-bond donors (Lipinski definition) is 1. The van der Waals surface area contributed by atoms with Crippen LogP contribution in [0.3, 0.4) is 0 Å². The van der Waals surface area contributed by atoms with Crippen LogP contribution in [0, 0.1) is 0 Å². The maximum absolute atomic E-state index is 13.4. The first-order valence-electron chi connectivity index (χ1n) is 11.4. The van der Waals surface area contributed by atoms with E-state index in [1.807, 2.05) is 0 Å². The van der Waals surface area contributed by atoms with Crippen molar-refractivity contribution in [2.45, 2.75) is 26.4 Å². The number of anilines is 1. The predicted molar refractivity (Wildman–Crippen MR) is 145 cm³/mol. The zero-order valence-electron chi connectivity index (χ0n) is 20.7. The number of aromatic nitrogens is 1. The average molecular weight is 556 g/mol. The van der Waals surface area contributed by atoms with Gasteiger partial charge in [-0.15, -0.1) is 0 Å². The molecule has 1 aromatic heterocycles. The maximum Gasteiger partial charge on any atom is 0.419 e. The molecule has 11 heteroatoms. The van der Waals surface area contributed by atoms with Crippen LogP contribution in [0.5, 0.6) is 0 Å². The number of urea groups is 1. The lowest BCUT2D eigenvalue weighted by molar-refractivity contribution is -0.113. The Kier molecular flexibility index (Phi) is 7.35. The van der Waals surface area contributed by atoms with Gasteiger partial charge in [-0.25, -0.2) is 23.9 Å². The highest BCUT2D eigenvalue weighted by Crippen LogP contribution is 2.37. The molecule has 9 nitrogen and oxygen atoms in total. The molecule has 2 heterocycles. The number of amides is 3. The van der Waals surface area contributed by atoms with Crippen LogP contribution in [0.25, 0.3) is 17.0 Å². The molecule has 1 fully saturated rings. The van der Waals surface area contributed by atoms with Gasteiger partial charge in [0.1, 0.15) is 23.6 Å². The number of ether oxygens (including phenoxy) is 2. The van der Waals surface area contributed by atoms with Crippen LogP contribution in [0.2, 0.25) is 10.0 Å². The predicted octanol–water partition coefficient (Wildman–Crippen LogP) is 6.17. The summed E-state index contributed by atoms with van der Waals surface area (Å²) in [6.45, 7) is 8.38. The first-order valence-corrected chi connectivity index (χ1v) is 12.2. The second-order valence-corrected chi connectivity index (χ2v) is 10.1. The Balaban J connectivity index is 1.98. The summed E-state index contributed by atoms with van der Waals surface area (Å²) in [6, 6.07) is 10.5. The molecule has 3 amide bonds. The molecule has 0 saturated carbocycles. The Morgan fingerprint density at radius 3 is 2.42 bits per heavy atom. The number of nitrogens with one attached hydrogen (secondary N) is 1. The fraction of sp³-hybridized carbons (Fsp3) is 0.185. The van der Waals surface area contributed by atoms with Crippen molar-refractivity contribution in [2.75, 3.05) is 11.5 Å². The van der Waals surface area contributed by atoms with Crippen LogP contribution in [-0.2, 0) is 14.3 Å². The summed E-state index contributed by atoms with van der Waals surface area (Å²) in [5.74, 6) is -1.59. The van der Waals surface area contributed by atoms with E-state index in [0.717, 1.165) is 9.47 Å². The van der Waals surface area contributed by atoms with Crippen molar-refractivity contribution in [3.63, 3.8) is 0 Å². The molecule has 4 rings (SSSR count). The third kappa shape index (κ3) is 5.16. The van der Waals surface area contributed by atoms with E-state index >= 15 is 0 Å². The molecule has 1 N–H and O–H groups in total. The molecule has 0 spiro atoms. The summed E-state index contributed by atoms with van der Waals surface area (Å²) in [7, 11) is 0. The average Bonchev–Trinajstić information content (AvgIpc) is 3.30. The Hall–Kier alpha value is -4.08. The summed E-state index contributed by atoms with van der Waals surface area (Å²) in [5.41, 5.74) is -0.780. The molecule has 1 aliphatic rings. The number of benzene rings is 2. The summed E-state index contributed by atoms with van der Waals surface area (Å²) in [4.78, 5) is 53.6. The van der Waals surface area contributed by atoms with Gasteiger partial charge in [-0.05, 0) is 51.1 Å². The largest absolute Gasteiger partial charge is 0.457 e. The lowest BCUT2D eigenvalue weighted by Gasteiger charge is -2.20. The number of imide groups is 1. The Bertz CT molecular complexity index is 1520. The Morgan fingerprint density at radius 1 is 1.11 bits per heavy atom. The van der Waals surface area contributed by atoms with E-state index in [-0.39, 0.29) is 44.5 Å². The second-order valence-electron chi connectivity index (χ2n) is 9.21. The van der Waals surface area contributed by atoms with Gasteiger partial charge in [0.2, 0.25) is 0 Å². The normalized spacial score (nSPS) is 14.7. The molecule has 0 aliphatic carbocycles. The van der Waals surface area contributed by atoms with Gasteiger partial charge in [-0.2, -0.15) is 0 Å². The van der Waals surface area contributed by atoms with E-state index in [4.69, 9.17) is 32.7 Å². The third-order valence-electron chi connectivity index (χ3n) is 5.31. The molecule has 0 atom stereocenters. The SMILES string of the molecule is C=CCOC(=O)c1c(/C=C2\NC(=O)N(c3ccccc3)C2=O)c2c(Cl)cc(Cl)cc2n1C(=O)OC(C)(C)C. The molecule has 38 heavy (non-hydrogen) atoms. The quantitative estimate of drug-likeness (QED) is 0.174. The zero-order chi connectivity index (χ0) is 27.8. The van der Waals surface area contributed by atoms with E-state index in [0.29, 0.717) is 5.69 Å². The minimum atomic E-state index is -0.914. The van der Waals surface area contributed by atoms with Gasteiger partial charge in [0.05, 0.1) is 16.2 Å². The molecule has 0 radical (unpaired) electrons. The van der Waals surface area contributed by atoms with E-state index in [1.54, 1.807) is 51.1 Å². The monoisotopic (exact) mass is 555 g/mol. The highest BCUT2D eigenvalue weighted by Gasteiger charge is 2.37. The molecule has 196 valence electrons. The standard InChI is InChI=1S/C27H23Cl2N3O6/c1-5-11-37-24(34)22-17(14-19-23(33)31(25(35)30-19)16-9-7-6-8-10-16)21-18(29)12-15(28)13-20(21)32(22)26(36)38-27(2,3)4/h5-10,12-14H,1,11H2,2-4H3,(H,30,35)/b19-14-. The van der Waals surface area contributed by atoms with Crippen LogP contribution in [0.15, 0.2) is 60.8 Å². The molecule has 1 saturated heterocycles. The number of para-hydroxylation sites is 1. The second kappa shape index (κ2) is 10.4. The van der Waals surface area contributed by atoms with Crippen molar-refractivity contribution in [3.8, 4) is 0 Å². The highest BCUT2D eigenvalue weighted by atomic mass is 35.5. The van der Waals surface area contributed by atoms with E-state index in [1.165, 1.54) is 24.3 Å². The smallest absolute Gasteiger partial charge is 0.419 e. The fourth-order valence-electron chi connectivity index (χ4n) is 3.90. The summed E-state index contributed by atoms with van der Waals surface area (Å²) in [6.07, 6.45) is 1.74. The van der Waals surface area contributed by atoms with Gasteiger partial charge in [0, 0.05) is 16.0 Å². The number of rotatable bonds is 5. The van der Waals surface area contributed by atoms with Crippen LogP contribution in [0.1, 0.15) is 36.8 Å². The van der Waals surface area contributed by atoms with Gasteiger partial charge >= 0.3 is 18.1 Å². The van der Waals surface area contributed by atoms with Crippen molar-refractivity contribution in [2.24, 2.45) is 0 Å². The molecule has 3 aromatic rings. The molecular formula is C27H23Cl2N3O6. The lowest BCUT2D eigenvalue weighted by Crippen LogP contribution is -2.30. The molecule has 0 bridgehead atoms. The topological polar surface area (TPSA) is 107 Å². The minimum absolute atomic E-state index is 0.0557. The van der Waals surface area contributed by atoms with Crippen molar-refractivity contribution in [3.05, 3.63) is 82.1 Å². The summed E-state index contributed by atoms with van der Waals surface area (Å²) >= 11 is 12.8. The lowest BCUT2D eigenvalue weighted by atomic mass is 10.1. The number of nitrogens with zero attached hydrogens (tertiary/aromatic N) is 2. The minimum Gasteiger partial charge on any atom is -0.457 e. The summed E-state index contributed by atoms with van der Waals surface area (Å²) in [5, 5.41) is 3.02. The number of carbonyl (C=O) groups excluding carboxylic acids is 4. The number of esters is 1. The van der Waals surface area contributed by atoms with Crippen molar-refractivity contribution in [1.29, 1.82) is 0 Å². The van der Waals surface area contributed by atoms with Crippen LogP contribution in [-0.4, -0.2) is 40.8 Å². The van der Waals surface area contributed by atoms with Crippen molar-refractivity contribution >= 4 is 69.9 Å². The van der Waals surface area contributed by atoms with E-state index < -0.39 is 29.6 Å². The molecular weight excluding hydrogens is 533 g/mol. The van der Waals surface area contributed by atoms with Gasteiger partial charge in [0.25, 0.3) is 5.91 Å². The van der Waals surface area contributed by atoms with Crippen molar-refractivity contribution in [1.82, 2.24) is 9.88 Å². The van der Waals surface area contributed by atoms with Crippen LogP contribution >= 0.6 is 23.2 Å². The Labute approximate surface area is 228 Å². The van der Waals surface area contributed by atoms with E-state index in [9.17, 15) is 19.2 Å². The van der Waals surface area contributed by atoms with E-state index in [2.05, 4.69) is 11.9 Å². The van der Waals surface area contributed by atoms with Crippen LogP contribution < -0.4 is 10.2 Å². The number of hydrogen-bond acceptors (Lipinski definition) is 6. The first kappa shape index (κ1) is 27.0. The van der Waals surface area contributed by atoms with Gasteiger partial charge in [-0.1, -0.05) is 54.1 Å². The van der Waals surface area contributed by atoms with Crippen LogP contribution in [0.4, 0.5) is 15.3 Å². The molecule has 1 aliphatic heterocycles. The molecule has 0 unspecified atom stereocenters. The number of fused-ring (bicyclic) bond motifs is 1. The first-order chi connectivity index (χ1) is 17.9. The fourth-order valence-corrected chi connectivity index (χ4v) is 4.48. The summed E-state index contributed by atoms with van der Waals surface area (Å²) < 4.78 is 11.8. The Morgan fingerprint density at radius 2 is 1.79 bits per heavy atom. The number of halogens is 2.